The first kappa shape index (κ1) is 25.8. The second-order valence-electron chi connectivity index (χ2n) is 9.44. The Kier molecular flexibility index (Phi) is 8.70. The molecule has 2 N–H and O–H groups in total. The third-order valence-corrected chi connectivity index (χ3v) is 7.31. The van der Waals surface area contributed by atoms with Crippen LogP contribution in [0.3, 0.4) is 0 Å². The van der Waals surface area contributed by atoms with Crippen LogP contribution in [0.2, 0.25) is 0 Å². The maximum atomic E-state index is 12.6. The molecule has 1 aromatic heterocycles. The van der Waals surface area contributed by atoms with Gasteiger partial charge in [-0.05, 0) is 67.1 Å². The van der Waals surface area contributed by atoms with Crippen molar-refractivity contribution in [3.8, 4) is 22.9 Å². The predicted octanol–water partition coefficient (Wildman–Crippen LogP) is 5.77. The highest BCUT2D eigenvalue weighted by Crippen LogP contribution is 2.36. The van der Waals surface area contributed by atoms with Gasteiger partial charge in [0.2, 0.25) is 11.1 Å². The number of rotatable bonds is 7. The van der Waals surface area contributed by atoms with E-state index in [1.807, 2.05) is 24.3 Å². The van der Waals surface area contributed by atoms with Crippen LogP contribution in [0.15, 0.2) is 36.4 Å². The van der Waals surface area contributed by atoms with E-state index in [9.17, 15) is 14.7 Å². The number of H-pyrrole nitrogens is 1. The van der Waals surface area contributed by atoms with Crippen LogP contribution >= 0.6 is 11.6 Å². The molecule has 3 aromatic rings. The number of ketones is 1. The maximum absolute atomic E-state index is 12.6. The molecule has 0 aliphatic heterocycles. The second kappa shape index (κ2) is 12.1. The van der Waals surface area contributed by atoms with E-state index in [0.29, 0.717) is 29.3 Å². The van der Waals surface area contributed by atoms with Crippen molar-refractivity contribution in [2.45, 2.75) is 64.9 Å². The minimum absolute atomic E-state index is 0.0295. The summed E-state index contributed by atoms with van der Waals surface area (Å²) < 4.78 is 5.87. The smallest absolute Gasteiger partial charge is 0.224 e. The Labute approximate surface area is 215 Å². The molecule has 9 heteroatoms. The summed E-state index contributed by atoms with van der Waals surface area (Å²) in [6.45, 7) is 2.12. The Morgan fingerprint density at radius 2 is 1.64 bits per heavy atom. The third kappa shape index (κ3) is 6.29. The summed E-state index contributed by atoms with van der Waals surface area (Å²) in [5.41, 5.74) is 2.83. The minimum Gasteiger partial charge on any atom is -0.507 e. The number of hydrogen-bond donors (Lipinski definition) is 2. The fourth-order valence-electron chi connectivity index (χ4n) is 4.79. The number of nitrogens with zero attached hydrogens (tertiary/aromatic N) is 3. The normalized spacial score (nSPS) is 15.9. The van der Waals surface area contributed by atoms with E-state index in [1.54, 1.807) is 19.1 Å². The average Bonchev–Trinajstić information content (AvgIpc) is 3.69. The number of ether oxygens (including phenoxy) is 1. The van der Waals surface area contributed by atoms with Crippen molar-refractivity contribution in [1.82, 2.24) is 20.6 Å². The summed E-state index contributed by atoms with van der Waals surface area (Å²) in [7, 11) is 0. The van der Waals surface area contributed by atoms with Crippen LogP contribution in [0.1, 0.15) is 72.9 Å². The molecule has 2 saturated carbocycles. The number of halogens is 1. The lowest BCUT2D eigenvalue weighted by molar-refractivity contribution is -0.114. The van der Waals surface area contributed by atoms with Gasteiger partial charge >= 0.3 is 0 Å². The quantitative estimate of drug-likeness (QED) is 0.305. The minimum atomic E-state index is -0.137. The van der Waals surface area contributed by atoms with Crippen LogP contribution in [0.4, 0.5) is 0 Å². The summed E-state index contributed by atoms with van der Waals surface area (Å²) in [5, 5.41) is 24.3. The summed E-state index contributed by atoms with van der Waals surface area (Å²) >= 11 is 5.25. The first-order chi connectivity index (χ1) is 17.4. The van der Waals surface area contributed by atoms with Gasteiger partial charge in [0, 0.05) is 23.0 Å². The number of aromatic amines is 1. The summed E-state index contributed by atoms with van der Waals surface area (Å²) in [5.74, 6) is 1.41. The van der Waals surface area contributed by atoms with E-state index in [2.05, 4.69) is 20.6 Å². The van der Waals surface area contributed by atoms with Gasteiger partial charge in [0.1, 0.15) is 18.1 Å². The highest BCUT2D eigenvalue weighted by Gasteiger charge is 2.27. The Bertz CT molecular complexity index is 1170. The Morgan fingerprint density at radius 3 is 2.19 bits per heavy atom. The number of aromatic hydroxyl groups is 1. The van der Waals surface area contributed by atoms with Gasteiger partial charge in [-0.2, -0.15) is 5.21 Å². The fraction of sp³-hybridized carbons (Fsp3) is 0.444. The number of phenols is 1. The van der Waals surface area contributed by atoms with Gasteiger partial charge in [-0.15, -0.1) is 10.2 Å². The number of phenolic OH excluding ortho intramolecular Hbond substituents is 1. The number of carbonyl (C=O) groups excluding carboxylic acids is 2. The molecule has 5 rings (SSSR count). The highest BCUT2D eigenvalue weighted by atomic mass is 35.5. The lowest BCUT2D eigenvalue weighted by Crippen LogP contribution is -2.11. The Balaban J connectivity index is 0.000000325. The molecule has 0 spiro atoms. The van der Waals surface area contributed by atoms with Crippen LogP contribution in [-0.2, 0) is 11.4 Å². The lowest BCUT2D eigenvalue weighted by Gasteiger charge is -2.15. The van der Waals surface area contributed by atoms with Gasteiger partial charge in [0.25, 0.3) is 0 Å². The zero-order valence-electron chi connectivity index (χ0n) is 20.4. The standard InChI is InChI=1S/C21H22N4O3.C6H9ClO/c1-13-18(11-10-17(19(13)26)20(27)15-4-2-3-5-15)28-12-14-6-8-16(9-7-14)21-22-24-25-23-21;7-6(8)5-3-1-2-4-5/h6-11,15,26H,2-5,12H2,1H3,(H,22,23,24,25);5H,1-4H2. The topological polar surface area (TPSA) is 118 Å². The zero-order valence-corrected chi connectivity index (χ0v) is 21.1. The predicted molar refractivity (Wildman–Crippen MR) is 136 cm³/mol. The molecule has 0 amide bonds. The van der Waals surface area contributed by atoms with Crippen LogP contribution in [0, 0.1) is 18.8 Å². The van der Waals surface area contributed by atoms with Crippen molar-refractivity contribution < 1.29 is 19.4 Å². The van der Waals surface area contributed by atoms with E-state index in [0.717, 1.165) is 49.7 Å². The molecule has 0 saturated heterocycles. The zero-order chi connectivity index (χ0) is 25.5. The van der Waals surface area contributed by atoms with Crippen LogP contribution in [0.25, 0.3) is 11.4 Å². The maximum Gasteiger partial charge on any atom is 0.224 e. The van der Waals surface area contributed by atoms with Crippen molar-refractivity contribution in [3.63, 3.8) is 0 Å². The number of nitrogens with one attached hydrogen (secondary N) is 1. The molecular weight excluding hydrogens is 480 g/mol. The van der Waals surface area contributed by atoms with Crippen LogP contribution in [0.5, 0.6) is 11.5 Å². The number of hydrogen-bond acceptors (Lipinski definition) is 7. The highest BCUT2D eigenvalue weighted by molar-refractivity contribution is 6.64. The van der Waals surface area contributed by atoms with Gasteiger partial charge in [-0.3, -0.25) is 9.59 Å². The van der Waals surface area contributed by atoms with Crippen molar-refractivity contribution in [3.05, 3.63) is 53.1 Å². The van der Waals surface area contributed by atoms with Gasteiger partial charge in [0.15, 0.2) is 5.78 Å². The van der Waals surface area contributed by atoms with E-state index in [-0.39, 0.29) is 28.6 Å². The Hall–Kier alpha value is -3.26. The van der Waals surface area contributed by atoms with Gasteiger partial charge in [-0.25, -0.2) is 0 Å². The van der Waals surface area contributed by atoms with Gasteiger partial charge < -0.3 is 9.84 Å². The molecular formula is C27H31ClN4O4. The second-order valence-corrected chi connectivity index (χ2v) is 9.81. The SMILES string of the molecule is Cc1c(OCc2ccc(-c3nn[nH]n3)cc2)ccc(C(=O)C2CCCC2)c1O.O=C(Cl)C1CCCC1. The summed E-state index contributed by atoms with van der Waals surface area (Å²) in [6, 6.07) is 11.1. The molecule has 0 bridgehead atoms. The van der Waals surface area contributed by atoms with Crippen molar-refractivity contribution in [1.29, 1.82) is 0 Å². The molecule has 2 aromatic carbocycles. The van der Waals surface area contributed by atoms with E-state index >= 15 is 0 Å². The van der Waals surface area contributed by atoms with E-state index < -0.39 is 0 Å². The van der Waals surface area contributed by atoms with Gasteiger partial charge in [-0.1, -0.05) is 49.9 Å². The molecule has 2 aliphatic rings. The monoisotopic (exact) mass is 510 g/mol. The van der Waals surface area contributed by atoms with Crippen molar-refractivity contribution in [2.24, 2.45) is 11.8 Å². The largest absolute Gasteiger partial charge is 0.507 e. The van der Waals surface area contributed by atoms with Crippen LogP contribution < -0.4 is 4.74 Å². The molecule has 0 atom stereocenters. The lowest BCUT2D eigenvalue weighted by atomic mass is 9.94. The number of benzene rings is 2. The summed E-state index contributed by atoms with van der Waals surface area (Å²) in [4.78, 5) is 23.0. The molecule has 1 heterocycles. The average molecular weight is 511 g/mol. The van der Waals surface area contributed by atoms with Gasteiger partial charge in [0.05, 0.1) is 5.56 Å². The number of tetrazole rings is 1. The van der Waals surface area contributed by atoms with E-state index in [1.165, 1.54) is 12.8 Å². The number of carbonyl (C=O) groups is 2. The fourth-order valence-corrected chi connectivity index (χ4v) is 5.01. The molecule has 2 aliphatic carbocycles. The molecule has 0 radical (unpaired) electrons. The molecule has 190 valence electrons. The van der Waals surface area contributed by atoms with Crippen molar-refractivity contribution >= 4 is 22.6 Å². The Morgan fingerprint density at radius 1 is 1.00 bits per heavy atom. The molecule has 8 nitrogen and oxygen atoms in total. The van der Waals surface area contributed by atoms with Crippen LogP contribution in [-0.4, -0.2) is 36.8 Å². The first-order valence-electron chi connectivity index (χ1n) is 12.5. The van der Waals surface area contributed by atoms with Crippen molar-refractivity contribution in [2.75, 3.05) is 0 Å². The summed E-state index contributed by atoms with van der Waals surface area (Å²) in [6.07, 6.45) is 8.40. The van der Waals surface area contributed by atoms with E-state index in [4.69, 9.17) is 16.3 Å². The third-order valence-electron chi connectivity index (χ3n) is 7.00. The number of aromatic nitrogens is 4. The molecule has 36 heavy (non-hydrogen) atoms. The number of Topliss-reactive ketones (excluding diaryl/α,β-unsaturated/α-hetero) is 1. The first-order valence-corrected chi connectivity index (χ1v) is 12.8. The molecule has 0 unspecified atom stereocenters. The molecule has 2 fully saturated rings.